The molecule has 1 aromatic rings. The number of nitrogens with two attached hydrogens (primary N) is 1. The zero-order chi connectivity index (χ0) is 28.7. The van der Waals surface area contributed by atoms with Crippen LogP contribution in [0.2, 0.25) is 0 Å². The van der Waals surface area contributed by atoms with Crippen LogP contribution in [0.3, 0.4) is 0 Å². The molecule has 3 N–H and O–H groups in total. The quantitative estimate of drug-likeness (QED) is 0.269. The Morgan fingerprint density at radius 2 is 2.03 bits per heavy atom. The normalized spacial score (nSPS) is 18.4. The number of rotatable bonds is 11. The minimum absolute atomic E-state index is 0.0377. The van der Waals surface area contributed by atoms with Crippen molar-refractivity contribution in [3.63, 3.8) is 0 Å². The lowest BCUT2D eigenvalue weighted by Crippen LogP contribution is -2.46. The summed E-state index contributed by atoms with van der Waals surface area (Å²) in [7, 11) is 1.98. The van der Waals surface area contributed by atoms with Gasteiger partial charge in [-0.25, -0.2) is 4.79 Å². The van der Waals surface area contributed by atoms with Gasteiger partial charge < -0.3 is 20.7 Å². The van der Waals surface area contributed by atoms with Crippen molar-refractivity contribution in [2.45, 2.75) is 85.7 Å². The van der Waals surface area contributed by atoms with Gasteiger partial charge in [-0.2, -0.15) is 0 Å². The van der Waals surface area contributed by atoms with Gasteiger partial charge in [0.2, 0.25) is 0 Å². The van der Waals surface area contributed by atoms with Crippen LogP contribution in [0.25, 0.3) is 11.3 Å². The third-order valence-electron chi connectivity index (χ3n) is 7.70. The molecule has 0 aromatic heterocycles. The largest absolute Gasteiger partial charge is 0.462 e. The van der Waals surface area contributed by atoms with Crippen molar-refractivity contribution < 1.29 is 9.53 Å². The number of carbonyl (C=O) groups excluding carboxylic acids is 1. The van der Waals surface area contributed by atoms with Crippen molar-refractivity contribution in [2.24, 2.45) is 16.1 Å². The zero-order valence-electron chi connectivity index (χ0n) is 25.1. The predicted octanol–water partition coefficient (Wildman–Crippen LogP) is 6.03. The van der Waals surface area contributed by atoms with Gasteiger partial charge in [0.1, 0.15) is 0 Å². The Morgan fingerprint density at radius 3 is 2.62 bits per heavy atom. The van der Waals surface area contributed by atoms with Gasteiger partial charge in [-0.15, -0.1) is 0 Å². The third kappa shape index (κ3) is 6.91. The molecule has 0 bridgehead atoms. The maximum atomic E-state index is 12.7. The highest BCUT2D eigenvalue weighted by molar-refractivity contribution is 6.10. The van der Waals surface area contributed by atoms with E-state index in [9.17, 15) is 4.79 Å². The van der Waals surface area contributed by atoms with E-state index in [1.807, 2.05) is 32.5 Å². The predicted molar refractivity (Wildman–Crippen MR) is 164 cm³/mol. The minimum Gasteiger partial charge on any atom is -0.462 e. The summed E-state index contributed by atoms with van der Waals surface area (Å²) in [6.45, 7) is 18.4. The topological polar surface area (TPSA) is 80.0 Å². The van der Waals surface area contributed by atoms with E-state index in [1.165, 1.54) is 16.7 Å². The van der Waals surface area contributed by atoms with Gasteiger partial charge in [0, 0.05) is 41.5 Å². The molecule has 0 saturated carbocycles. The molecule has 2 heterocycles. The fraction of sp³-hybridized carbons (Fsp3) is 0.515. The molecule has 212 valence electrons. The first-order chi connectivity index (χ1) is 18.6. The van der Waals surface area contributed by atoms with Gasteiger partial charge in [-0.1, -0.05) is 53.7 Å². The summed E-state index contributed by atoms with van der Waals surface area (Å²) in [5.74, 6) is -0.325. The molecule has 2 atom stereocenters. The molecular formula is C33H48N4O2. The van der Waals surface area contributed by atoms with Crippen molar-refractivity contribution in [3.8, 4) is 0 Å². The number of hydrogen-bond donors (Lipinski definition) is 2. The number of esters is 1. The minimum atomic E-state index is -0.325. The van der Waals surface area contributed by atoms with Crippen LogP contribution in [-0.4, -0.2) is 49.4 Å². The summed E-state index contributed by atoms with van der Waals surface area (Å²) in [6.07, 6.45) is 12.5. The number of nitrogens with zero attached hydrogens (tertiary/aromatic N) is 2. The van der Waals surface area contributed by atoms with E-state index >= 15 is 0 Å². The zero-order valence-corrected chi connectivity index (χ0v) is 25.1. The summed E-state index contributed by atoms with van der Waals surface area (Å²) >= 11 is 0. The molecule has 2 aliphatic heterocycles. The van der Waals surface area contributed by atoms with E-state index < -0.39 is 0 Å². The number of benzene rings is 1. The number of hydrogen-bond acceptors (Lipinski definition) is 6. The van der Waals surface area contributed by atoms with Crippen molar-refractivity contribution in [2.75, 3.05) is 20.2 Å². The van der Waals surface area contributed by atoms with Crippen molar-refractivity contribution in [1.29, 1.82) is 0 Å². The van der Waals surface area contributed by atoms with E-state index in [-0.39, 0.29) is 23.5 Å². The molecule has 2 aliphatic rings. The number of aliphatic imine (C=N–C) groups is 1. The third-order valence-corrected chi connectivity index (χ3v) is 7.70. The van der Waals surface area contributed by atoms with Gasteiger partial charge >= 0.3 is 5.97 Å². The smallest absolute Gasteiger partial charge is 0.340 e. The number of allylic oxidation sites excluding steroid dienone is 2. The maximum Gasteiger partial charge on any atom is 0.340 e. The molecule has 0 radical (unpaired) electrons. The average Bonchev–Trinajstić information content (AvgIpc) is 2.90. The number of ether oxygens (including phenoxy) is 1. The highest BCUT2D eigenvalue weighted by Crippen LogP contribution is 2.44. The Morgan fingerprint density at radius 1 is 1.28 bits per heavy atom. The van der Waals surface area contributed by atoms with Crippen molar-refractivity contribution in [1.82, 2.24) is 10.2 Å². The first-order valence-electron chi connectivity index (χ1n) is 14.4. The van der Waals surface area contributed by atoms with Crippen LogP contribution < -0.4 is 11.1 Å². The van der Waals surface area contributed by atoms with Crippen LogP contribution in [0, 0.1) is 5.41 Å². The van der Waals surface area contributed by atoms with Gasteiger partial charge in [-0.3, -0.25) is 4.99 Å². The van der Waals surface area contributed by atoms with Crippen LogP contribution in [-0.2, 0) is 22.4 Å². The molecule has 0 fully saturated rings. The van der Waals surface area contributed by atoms with Crippen LogP contribution >= 0.6 is 0 Å². The van der Waals surface area contributed by atoms with Crippen LogP contribution in [0.5, 0.6) is 0 Å². The van der Waals surface area contributed by atoms with Gasteiger partial charge in [0.05, 0.1) is 18.2 Å². The fourth-order valence-corrected chi connectivity index (χ4v) is 5.49. The maximum absolute atomic E-state index is 12.7. The standard InChI is InChI=1S/C33H48N4O2/c1-9-12-26(13-14-35-8)36-20-25(19-34)27-17-24-18-31(33(5,6)7)37-21-29(32(38)39-11-3)22(4)15-30(37)28(24)16-23(27)10-2/h15-17,19-21,26,31,35H,4,9-14,18,34H2,1-3,5-8H3. The van der Waals surface area contributed by atoms with Gasteiger partial charge in [0.25, 0.3) is 0 Å². The first-order valence-corrected chi connectivity index (χ1v) is 14.4. The molecule has 0 spiro atoms. The Labute approximate surface area is 235 Å². The Bertz CT molecular complexity index is 1180. The highest BCUT2D eigenvalue weighted by Gasteiger charge is 2.39. The Kier molecular flexibility index (Phi) is 10.4. The monoisotopic (exact) mass is 532 g/mol. The molecule has 3 rings (SSSR count). The lowest BCUT2D eigenvalue weighted by Gasteiger charge is -2.47. The summed E-state index contributed by atoms with van der Waals surface area (Å²) in [4.78, 5) is 19.9. The molecule has 1 aromatic carbocycles. The SMILES string of the molecule is C=C1C=C2c3cc(CC)c(C(C=NC(CCC)CCNC)=CN)cc3CC(C(C)(C)C)N2C=C1C(=O)OCC. The molecule has 6 nitrogen and oxygen atoms in total. The van der Waals surface area contributed by atoms with E-state index in [0.717, 1.165) is 55.5 Å². The Hall–Kier alpha value is -3.12. The van der Waals surface area contributed by atoms with E-state index in [1.54, 1.807) is 6.20 Å². The number of aryl methyl sites for hydroxylation is 1. The summed E-state index contributed by atoms with van der Waals surface area (Å²) in [6, 6.07) is 5.04. The molecule has 6 heteroatoms. The number of carbonyl (C=O) groups is 1. The lowest BCUT2D eigenvalue weighted by atomic mass is 9.75. The van der Waals surface area contributed by atoms with E-state index in [4.69, 9.17) is 15.5 Å². The average molecular weight is 533 g/mol. The second kappa shape index (κ2) is 13.3. The molecule has 0 saturated heterocycles. The fourth-order valence-electron chi connectivity index (χ4n) is 5.49. The van der Waals surface area contributed by atoms with Crippen molar-refractivity contribution >= 4 is 23.5 Å². The summed E-state index contributed by atoms with van der Waals surface area (Å²) in [5.41, 5.74) is 14.2. The molecular weight excluding hydrogens is 484 g/mol. The molecule has 2 unspecified atom stereocenters. The summed E-state index contributed by atoms with van der Waals surface area (Å²) in [5, 5.41) is 3.24. The molecule has 0 amide bonds. The highest BCUT2D eigenvalue weighted by atomic mass is 16.5. The second-order valence-electron chi connectivity index (χ2n) is 11.6. The van der Waals surface area contributed by atoms with Crippen molar-refractivity contribution in [3.05, 3.63) is 70.6 Å². The first kappa shape index (κ1) is 30.4. The van der Waals surface area contributed by atoms with Crippen LogP contribution in [0.15, 0.2) is 53.3 Å². The van der Waals surface area contributed by atoms with E-state index in [2.05, 4.69) is 63.5 Å². The van der Waals surface area contributed by atoms with Gasteiger partial charge in [-0.05, 0) is 86.0 Å². The Balaban J connectivity index is 2.09. The molecule has 0 aliphatic carbocycles. The number of fused-ring (bicyclic) bond motifs is 3. The number of nitrogens with one attached hydrogen (secondary N) is 1. The van der Waals surface area contributed by atoms with Gasteiger partial charge in [0.15, 0.2) is 0 Å². The van der Waals surface area contributed by atoms with Crippen LogP contribution in [0.1, 0.15) is 83.1 Å². The second-order valence-corrected chi connectivity index (χ2v) is 11.6. The molecule has 39 heavy (non-hydrogen) atoms. The van der Waals surface area contributed by atoms with E-state index in [0.29, 0.717) is 17.8 Å². The van der Waals surface area contributed by atoms with Crippen LogP contribution in [0.4, 0.5) is 0 Å². The lowest BCUT2D eigenvalue weighted by molar-refractivity contribution is -0.138. The summed E-state index contributed by atoms with van der Waals surface area (Å²) < 4.78 is 5.33.